The monoisotopic (exact) mass is 701 g/mol. The average molecular weight is 702 g/mol. The molecule has 48 heavy (non-hydrogen) atoms. The Labute approximate surface area is 287 Å². The molecule has 9 nitrogen and oxygen atoms in total. The van der Waals surface area contributed by atoms with Crippen LogP contribution in [0.3, 0.4) is 0 Å². The molecule has 1 atom stereocenters. The van der Waals surface area contributed by atoms with Crippen molar-refractivity contribution in [3.05, 3.63) is 94.4 Å². The van der Waals surface area contributed by atoms with Gasteiger partial charge in [-0.3, -0.25) is 4.57 Å². The summed E-state index contributed by atoms with van der Waals surface area (Å²) in [6.45, 7) is 18.9. The van der Waals surface area contributed by atoms with Crippen LogP contribution in [0.25, 0.3) is 21.9 Å². The quantitative estimate of drug-likeness (QED) is 0.0638. The van der Waals surface area contributed by atoms with Crippen LogP contribution in [-0.4, -0.2) is 51.6 Å². The van der Waals surface area contributed by atoms with Crippen LogP contribution < -0.4 is 0 Å². The first-order chi connectivity index (χ1) is 22.4. The number of nitriles is 1. The first-order valence-corrected chi connectivity index (χ1v) is 22.1. The van der Waals surface area contributed by atoms with Gasteiger partial charge in [-0.05, 0) is 95.1 Å². The highest BCUT2D eigenvalue weighted by Gasteiger charge is 2.32. The van der Waals surface area contributed by atoms with Crippen LogP contribution in [-0.2, 0) is 32.9 Å². The van der Waals surface area contributed by atoms with Crippen LogP contribution in [0.15, 0.2) is 70.1 Å². The number of fused-ring (bicyclic) bond motifs is 2. The molecule has 5 aromatic rings. The van der Waals surface area contributed by atoms with E-state index in [1.54, 1.807) is 48.7 Å². The minimum atomic E-state index is -3.94. The highest BCUT2D eigenvalue weighted by molar-refractivity contribution is 7.91. The summed E-state index contributed by atoms with van der Waals surface area (Å²) < 4.78 is 55.4. The molecule has 0 aliphatic carbocycles. The van der Waals surface area contributed by atoms with Crippen molar-refractivity contribution in [1.82, 2.24) is 13.5 Å². The van der Waals surface area contributed by atoms with Crippen molar-refractivity contribution in [2.45, 2.75) is 83.6 Å². The van der Waals surface area contributed by atoms with Gasteiger partial charge in [0.25, 0.3) is 10.0 Å². The number of benzene rings is 3. The van der Waals surface area contributed by atoms with Gasteiger partial charge in [0.2, 0.25) is 0 Å². The third-order valence-electron chi connectivity index (χ3n) is 8.14. The molecule has 12 heteroatoms. The summed E-state index contributed by atoms with van der Waals surface area (Å²) in [6, 6.07) is 18.9. The van der Waals surface area contributed by atoms with E-state index in [0.29, 0.717) is 45.7 Å². The molecule has 0 aliphatic rings. The van der Waals surface area contributed by atoms with E-state index in [2.05, 4.69) is 25.7 Å². The maximum absolute atomic E-state index is 14.0. The first kappa shape index (κ1) is 35.6. The molecule has 5 rings (SSSR count). The number of aryl methyl sites for hydroxylation is 3. The summed E-state index contributed by atoms with van der Waals surface area (Å²) in [4.78, 5) is 5.17. The Morgan fingerprint density at radius 3 is 2.35 bits per heavy atom. The van der Waals surface area contributed by atoms with Gasteiger partial charge in [0, 0.05) is 31.8 Å². The third-order valence-corrected chi connectivity index (χ3v) is 12.9. The number of rotatable bonds is 10. The fourth-order valence-electron chi connectivity index (χ4n) is 5.48. The van der Waals surface area contributed by atoms with E-state index in [9.17, 15) is 18.2 Å². The van der Waals surface area contributed by atoms with Crippen LogP contribution in [0.1, 0.15) is 54.4 Å². The number of nitrogens with zero attached hydrogens (tertiary/aromatic N) is 5. The van der Waals surface area contributed by atoms with Crippen molar-refractivity contribution in [2.75, 3.05) is 6.61 Å². The molecule has 252 valence electrons. The number of hydrogen-bond acceptors (Lipinski definition) is 7. The summed E-state index contributed by atoms with van der Waals surface area (Å²) in [5.41, 5.74) is 5.83. The normalized spacial score (nSPS) is 13.7. The Morgan fingerprint density at radius 2 is 1.73 bits per heavy atom. The van der Waals surface area contributed by atoms with E-state index in [4.69, 9.17) is 14.1 Å². The molecular formula is C36H43N5O4S2Si. The molecule has 0 aliphatic heterocycles. The minimum Gasteiger partial charge on any atom is -0.591 e. The molecular weight excluding hydrogens is 659 g/mol. The lowest BCUT2D eigenvalue weighted by Crippen LogP contribution is -2.28. The molecule has 1 unspecified atom stereocenters. The van der Waals surface area contributed by atoms with E-state index in [1.807, 2.05) is 58.2 Å². The van der Waals surface area contributed by atoms with Crippen molar-refractivity contribution in [2.24, 2.45) is 4.40 Å². The smallest absolute Gasteiger partial charge is 0.268 e. The second kappa shape index (κ2) is 13.3. The van der Waals surface area contributed by atoms with Gasteiger partial charge in [-0.15, -0.1) is 0 Å². The zero-order chi connectivity index (χ0) is 35.2. The zero-order valence-electron chi connectivity index (χ0n) is 29.1. The van der Waals surface area contributed by atoms with E-state index < -0.39 is 34.2 Å². The molecule has 0 spiro atoms. The highest BCUT2D eigenvalue weighted by atomic mass is 32.2. The SMILES string of the molecule is Cc1ccc(S(=O)(=O)n2ccc3c(/C(=N/[S+]([O-])C(C)(C)C)c4nc5cc(C#N)ccc5n4COCC[Si](C)(C)C)c(C)cc(C)c32)cc1. The molecule has 2 heterocycles. The molecule has 0 saturated carbocycles. The zero-order valence-corrected chi connectivity index (χ0v) is 31.7. The second-order valence-corrected chi connectivity index (χ2v) is 23.7. The standard InChI is InChI=1S/C36H43N5O4S2Si/c1-24-10-13-28(14-11-24)47(43,44)41-17-16-29-32(25(2)20-26(3)34(29)41)33(39-46(42)36(4,5)6)35-38-30-21-27(22-37)12-15-31(30)40(35)23-45-18-19-48(7,8)9/h10-17,20-21H,18-19,23H2,1-9H3/b39-33-. The van der Waals surface area contributed by atoms with Crippen LogP contribution in [0.4, 0.5) is 0 Å². The van der Waals surface area contributed by atoms with Crippen molar-refractivity contribution < 1.29 is 17.7 Å². The van der Waals surface area contributed by atoms with Crippen LogP contribution in [0.2, 0.25) is 25.7 Å². The van der Waals surface area contributed by atoms with Crippen molar-refractivity contribution in [3.63, 3.8) is 0 Å². The molecule has 0 radical (unpaired) electrons. The van der Waals surface area contributed by atoms with E-state index in [0.717, 1.165) is 28.3 Å². The van der Waals surface area contributed by atoms with Gasteiger partial charge in [0.05, 0.1) is 33.1 Å². The molecule has 2 aromatic heterocycles. The summed E-state index contributed by atoms with van der Waals surface area (Å²) in [6.07, 6.45) is 1.57. The lowest BCUT2D eigenvalue weighted by Gasteiger charge is -2.21. The van der Waals surface area contributed by atoms with Gasteiger partial charge < -0.3 is 9.29 Å². The Morgan fingerprint density at radius 1 is 1.04 bits per heavy atom. The summed E-state index contributed by atoms with van der Waals surface area (Å²) >= 11 is -1.70. The van der Waals surface area contributed by atoms with Crippen LogP contribution >= 0.6 is 0 Å². The van der Waals surface area contributed by atoms with Gasteiger partial charge in [-0.1, -0.05) is 47.8 Å². The molecule has 3 aromatic carbocycles. The summed E-state index contributed by atoms with van der Waals surface area (Å²) in [5.74, 6) is 0.424. The van der Waals surface area contributed by atoms with E-state index in [-0.39, 0.29) is 11.6 Å². The van der Waals surface area contributed by atoms with Crippen molar-refractivity contribution in [1.29, 1.82) is 5.26 Å². The third kappa shape index (κ3) is 7.16. The number of aromatic nitrogens is 3. The Balaban J connectivity index is 1.79. The lowest BCUT2D eigenvalue weighted by molar-refractivity contribution is 0.0895. The number of ether oxygens (including phenoxy) is 1. The number of hydrogen-bond donors (Lipinski definition) is 0. The van der Waals surface area contributed by atoms with Crippen molar-refractivity contribution in [3.8, 4) is 6.07 Å². The number of imidazole rings is 1. The van der Waals surface area contributed by atoms with E-state index in [1.165, 1.54) is 3.97 Å². The van der Waals surface area contributed by atoms with Crippen LogP contribution in [0, 0.1) is 32.1 Å². The Kier molecular flexibility index (Phi) is 9.85. The molecule has 0 fully saturated rings. The predicted molar refractivity (Wildman–Crippen MR) is 197 cm³/mol. The van der Waals surface area contributed by atoms with Gasteiger partial charge in [-0.2, -0.15) is 5.26 Å². The Bertz CT molecular complexity index is 2180. The lowest BCUT2D eigenvalue weighted by atomic mass is 9.96. The molecule has 0 bridgehead atoms. The molecule has 0 amide bonds. The summed E-state index contributed by atoms with van der Waals surface area (Å²) in [7, 11) is -5.30. The molecule has 0 N–H and O–H groups in total. The minimum absolute atomic E-state index is 0.167. The van der Waals surface area contributed by atoms with Gasteiger partial charge in [-0.25, -0.2) is 17.4 Å². The fraction of sp³-hybridized carbons (Fsp3) is 0.361. The van der Waals surface area contributed by atoms with Gasteiger partial charge in [0.15, 0.2) is 11.5 Å². The van der Waals surface area contributed by atoms with Gasteiger partial charge >= 0.3 is 0 Å². The molecule has 0 saturated heterocycles. The van der Waals surface area contributed by atoms with Crippen molar-refractivity contribution >= 4 is 57.1 Å². The summed E-state index contributed by atoms with van der Waals surface area (Å²) in [5, 5.41) is 10.3. The first-order valence-electron chi connectivity index (χ1n) is 15.9. The predicted octanol–water partition coefficient (Wildman–Crippen LogP) is 7.64. The van der Waals surface area contributed by atoms with E-state index >= 15 is 0 Å². The van der Waals surface area contributed by atoms with Crippen LogP contribution in [0.5, 0.6) is 0 Å². The Hall–Kier alpha value is -3.73. The fourth-order valence-corrected chi connectivity index (χ4v) is 8.26. The van der Waals surface area contributed by atoms with Gasteiger partial charge in [0.1, 0.15) is 22.8 Å². The highest BCUT2D eigenvalue weighted by Crippen LogP contribution is 2.34. The topological polar surface area (TPSA) is 125 Å². The average Bonchev–Trinajstić information content (AvgIpc) is 3.60. The second-order valence-electron chi connectivity index (χ2n) is 14.4. The largest absolute Gasteiger partial charge is 0.591 e. The maximum atomic E-state index is 14.0. The maximum Gasteiger partial charge on any atom is 0.268 e.